The molecule has 1 N–H and O–H groups in total. The van der Waals surface area contributed by atoms with E-state index in [0.717, 1.165) is 16.9 Å². The molecule has 24 heavy (non-hydrogen) atoms. The Morgan fingerprint density at radius 3 is 2.46 bits per heavy atom. The number of rotatable bonds is 6. The number of benzene rings is 2. The van der Waals surface area contributed by atoms with Crippen molar-refractivity contribution in [2.45, 2.75) is 9.79 Å². The molecular formula is C16H16ClNO4S2. The van der Waals surface area contributed by atoms with Gasteiger partial charge in [0.15, 0.2) is 9.84 Å². The van der Waals surface area contributed by atoms with Crippen LogP contribution >= 0.6 is 23.4 Å². The van der Waals surface area contributed by atoms with Crippen molar-refractivity contribution in [2.24, 2.45) is 0 Å². The molecular weight excluding hydrogens is 370 g/mol. The van der Waals surface area contributed by atoms with Crippen molar-refractivity contribution in [3.63, 3.8) is 0 Å². The first-order valence-corrected chi connectivity index (χ1v) is 10.1. The van der Waals surface area contributed by atoms with Crippen molar-refractivity contribution in [3.05, 3.63) is 47.5 Å². The van der Waals surface area contributed by atoms with Gasteiger partial charge in [0.05, 0.1) is 28.5 Å². The largest absolute Gasteiger partial charge is 0.497 e. The molecule has 128 valence electrons. The number of methoxy groups -OCH3 is 1. The van der Waals surface area contributed by atoms with E-state index in [9.17, 15) is 13.2 Å². The number of halogens is 1. The zero-order valence-electron chi connectivity index (χ0n) is 13.1. The summed E-state index contributed by atoms with van der Waals surface area (Å²) in [6.45, 7) is 0. The van der Waals surface area contributed by atoms with Gasteiger partial charge in [-0.2, -0.15) is 0 Å². The minimum absolute atomic E-state index is 0.102. The van der Waals surface area contributed by atoms with Crippen LogP contribution in [-0.2, 0) is 14.6 Å². The van der Waals surface area contributed by atoms with E-state index in [-0.39, 0.29) is 27.3 Å². The van der Waals surface area contributed by atoms with Crippen LogP contribution in [0.15, 0.2) is 52.3 Å². The molecule has 0 heterocycles. The third-order valence-corrected chi connectivity index (χ3v) is 5.52. The van der Waals surface area contributed by atoms with E-state index in [1.807, 2.05) is 24.3 Å². The fourth-order valence-corrected chi connectivity index (χ4v) is 3.35. The average Bonchev–Trinajstić information content (AvgIpc) is 2.54. The Labute approximate surface area is 150 Å². The highest BCUT2D eigenvalue weighted by Crippen LogP contribution is 2.26. The highest BCUT2D eigenvalue weighted by Gasteiger charge is 2.12. The lowest BCUT2D eigenvalue weighted by Gasteiger charge is -2.09. The second-order valence-electron chi connectivity index (χ2n) is 4.93. The Kier molecular flexibility index (Phi) is 6.15. The summed E-state index contributed by atoms with van der Waals surface area (Å²) in [5.41, 5.74) is 0.278. The highest BCUT2D eigenvalue weighted by atomic mass is 35.5. The standard InChI is InChI=1S/C16H16ClNO4S2/c1-22-11-3-5-12(6-4-11)23-10-16(19)18-15-9-13(24(2,20)21)7-8-14(15)17/h3-9H,10H2,1-2H3,(H,18,19). The molecule has 5 nitrogen and oxygen atoms in total. The smallest absolute Gasteiger partial charge is 0.234 e. The number of anilines is 1. The molecule has 2 aromatic rings. The summed E-state index contributed by atoms with van der Waals surface area (Å²) in [6.07, 6.45) is 1.10. The molecule has 0 aliphatic heterocycles. The minimum Gasteiger partial charge on any atom is -0.497 e. The third-order valence-electron chi connectivity index (χ3n) is 3.07. The van der Waals surface area contributed by atoms with Crippen LogP contribution in [-0.4, -0.2) is 33.4 Å². The van der Waals surface area contributed by atoms with Gasteiger partial charge in [-0.25, -0.2) is 8.42 Å². The number of carbonyl (C=O) groups excluding carboxylic acids is 1. The van der Waals surface area contributed by atoms with Crippen molar-refractivity contribution >= 4 is 44.8 Å². The number of carbonyl (C=O) groups is 1. The zero-order valence-corrected chi connectivity index (χ0v) is 15.5. The summed E-state index contributed by atoms with van der Waals surface area (Å²) in [5, 5.41) is 2.92. The molecule has 0 aliphatic rings. The van der Waals surface area contributed by atoms with Crippen LogP contribution in [0.5, 0.6) is 5.75 Å². The second-order valence-corrected chi connectivity index (χ2v) is 8.40. The van der Waals surface area contributed by atoms with E-state index < -0.39 is 9.84 Å². The maximum atomic E-state index is 12.1. The van der Waals surface area contributed by atoms with Crippen molar-refractivity contribution in [1.82, 2.24) is 0 Å². The van der Waals surface area contributed by atoms with Gasteiger partial charge in [0.25, 0.3) is 0 Å². The topological polar surface area (TPSA) is 72.5 Å². The third kappa shape index (κ3) is 5.15. The van der Waals surface area contributed by atoms with Crippen LogP contribution in [0.4, 0.5) is 5.69 Å². The number of amides is 1. The molecule has 0 saturated heterocycles. The van der Waals surface area contributed by atoms with E-state index >= 15 is 0 Å². The number of thioether (sulfide) groups is 1. The van der Waals surface area contributed by atoms with Gasteiger partial charge in [-0.05, 0) is 42.5 Å². The molecule has 0 unspecified atom stereocenters. The Bertz CT molecular complexity index is 836. The fraction of sp³-hybridized carbons (Fsp3) is 0.188. The highest BCUT2D eigenvalue weighted by molar-refractivity contribution is 8.00. The van der Waals surface area contributed by atoms with Crippen molar-refractivity contribution in [2.75, 3.05) is 24.4 Å². The molecule has 1 amide bonds. The SMILES string of the molecule is COc1ccc(SCC(=O)Nc2cc(S(C)(=O)=O)ccc2Cl)cc1. The van der Waals surface area contributed by atoms with E-state index in [0.29, 0.717) is 0 Å². The molecule has 0 spiro atoms. The lowest BCUT2D eigenvalue weighted by Crippen LogP contribution is -2.14. The molecule has 0 aliphatic carbocycles. The summed E-state index contributed by atoms with van der Waals surface area (Å²) in [5.74, 6) is 0.641. The van der Waals surface area contributed by atoms with Crippen molar-refractivity contribution in [3.8, 4) is 5.75 Å². The maximum absolute atomic E-state index is 12.1. The molecule has 0 atom stereocenters. The number of nitrogens with one attached hydrogen (secondary N) is 1. The number of hydrogen-bond acceptors (Lipinski definition) is 5. The molecule has 0 fully saturated rings. The molecule has 0 aromatic heterocycles. The summed E-state index contributed by atoms with van der Waals surface area (Å²) in [4.78, 5) is 13.1. The Morgan fingerprint density at radius 2 is 1.88 bits per heavy atom. The van der Waals surface area contributed by atoms with Gasteiger partial charge in [0.1, 0.15) is 5.75 Å². The van der Waals surface area contributed by atoms with Gasteiger partial charge in [-0.15, -0.1) is 11.8 Å². The molecule has 8 heteroatoms. The van der Waals surface area contributed by atoms with E-state index in [2.05, 4.69) is 5.32 Å². The Hall–Kier alpha value is -1.70. The van der Waals surface area contributed by atoms with Gasteiger partial charge >= 0.3 is 0 Å². The maximum Gasteiger partial charge on any atom is 0.234 e. The predicted octanol–water partition coefficient (Wildman–Crippen LogP) is 3.48. The summed E-state index contributed by atoms with van der Waals surface area (Å²) in [6, 6.07) is 11.5. The summed E-state index contributed by atoms with van der Waals surface area (Å²) >= 11 is 7.36. The lowest BCUT2D eigenvalue weighted by molar-refractivity contribution is -0.113. The Morgan fingerprint density at radius 1 is 1.21 bits per heavy atom. The first-order valence-electron chi connectivity index (χ1n) is 6.86. The van der Waals surface area contributed by atoms with E-state index in [1.165, 1.54) is 30.0 Å². The monoisotopic (exact) mass is 385 g/mol. The number of sulfone groups is 1. The van der Waals surface area contributed by atoms with Gasteiger partial charge in [0, 0.05) is 11.2 Å². The quantitative estimate of drug-likeness (QED) is 0.770. The Balaban J connectivity index is 2.01. The zero-order chi connectivity index (χ0) is 17.7. The van der Waals surface area contributed by atoms with Crippen LogP contribution in [0.3, 0.4) is 0 Å². The van der Waals surface area contributed by atoms with Crippen LogP contribution in [0.1, 0.15) is 0 Å². The van der Waals surface area contributed by atoms with Gasteiger partial charge < -0.3 is 10.1 Å². The number of hydrogen-bond donors (Lipinski definition) is 1. The van der Waals surface area contributed by atoms with Gasteiger partial charge in [-0.1, -0.05) is 11.6 Å². The van der Waals surface area contributed by atoms with Crippen molar-refractivity contribution in [1.29, 1.82) is 0 Å². The predicted molar refractivity (Wildman–Crippen MR) is 96.9 cm³/mol. The van der Waals surface area contributed by atoms with Crippen LogP contribution in [0, 0.1) is 0 Å². The molecule has 0 bridgehead atoms. The molecule has 2 aromatic carbocycles. The average molecular weight is 386 g/mol. The molecule has 0 saturated carbocycles. The molecule has 2 rings (SSSR count). The van der Waals surface area contributed by atoms with Gasteiger partial charge in [-0.3, -0.25) is 4.79 Å². The first-order chi connectivity index (χ1) is 11.3. The van der Waals surface area contributed by atoms with E-state index in [4.69, 9.17) is 16.3 Å². The van der Waals surface area contributed by atoms with Gasteiger partial charge in [0.2, 0.25) is 5.91 Å². The van der Waals surface area contributed by atoms with Crippen LogP contribution < -0.4 is 10.1 Å². The molecule has 0 radical (unpaired) electrons. The van der Waals surface area contributed by atoms with Crippen molar-refractivity contribution < 1.29 is 17.9 Å². The lowest BCUT2D eigenvalue weighted by atomic mass is 10.3. The van der Waals surface area contributed by atoms with E-state index in [1.54, 1.807) is 7.11 Å². The van der Waals surface area contributed by atoms with Crippen LogP contribution in [0.25, 0.3) is 0 Å². The second kappa shape index (κ2) is 7.92. The minimum atomic E-state index is -3.37. The first kappa shape index (κ1) is 18.6. The normalized spacial score (nSPS) is 11.1. The fourth-order valence-electron chi connectivity index (χ4n) is 1.84. The summed E-state index contributed by atoms with van der Waals surface area (Å²) < 4.78 is 28.2. The number of ether oxygens (including phenoxy) is 1. The van der Waals surface area contributed by atoms with Crippen LogP contribution in [0.2, 0.25) is 5.02 Å². The summed E-state index contributed by atoms with van der Waals surface area (Å²) in [7, 11) is -1.78.